The van der Waals surface area contributed by atoms with Gasteiger partial charge in [0.2, 0.25) is 0 Å². The number of rotatable bonds is 2. The van der Waals surface area contributed by atoms with Crippen molar-refractivity contribution in [2.75, 3.05) is 14.2 Å². The molecule has 1 aromatic carbocycles. The maximum atomic E-state index is 13.3. The molecule has 3 fully saturated rings. The van der Waals surface area contributed by atoms with Gasteiger partial charge in [-0.2, -0.15) is 5.26 Å². The predicted octanol–water partition coefficient (Wildman–Crippen LogP) is 1.04. The summed E-state index contributed by atoms with van der Waals surface area (Å²) in [6.07, 6.45) is 0.494. The second-order valence-electron chi connectivity index (χ2n) is 7.35. The Morgan fingerprint density at radius 3 is 2.69 bits per heavy atom. The van der Waals surface area contributed by atoms with E-state index in [2.05, 4.69) is 11.4 Å². The van der Waals surface area contributed by atoms with Crippen LogP contribution in [0.4, 0.5) is 4.39 Å². The van der Waals surface area contributed by atoms with Crippen LogP contribution in [0.2, 0.25) is 0 Å². The molecule has 136 valence electrons. The Morgan fingerprint density at radius 1 is 1.38 bits per heavy atom. The maximum absolute atomic E-state index is 13.3. The Kier molecular flexibility index (Phi) is 4.05. The van der Waals surface area contributed by atoms with Crippen molar-refractivity contribution in [3.63, 3.8) is 0 Å². The van der Waals surface area contributed by atoms with E-state index in [1.54, 1.807) is 12.1 Å². The van der Waals surface area contributed by atoms with Crippen molar-refractivity contribution in [1.82, 2.24) is 10.2 Å². The molecular weight excluding hydrogens is 337 g/mol. The van der Waals surface area contributed by atoms with Gasteiger partial charge in [0.05, 0.1) is 25.1 Å². The summed E-state index contributed by atoms with van der Waals surface area (Å²) in [4.78, 5) is 27.6. The highest BCUT2D eigenvalue weighted by molar-refractivity contribution is 5.91. The van der Waals surface area contributed by atoms with Gasteiger partial charge in [0.15, 0.2) is 5.78 Å². The first-order chi connectivity index (χ1) is 12.5. The van der Waals surface area contributed by atoms with Crippen molar-refractivity contribution >= 4 is 11.8 Å². The fourth-order valence-corrected chi connectivity index (χ4v) is 5.17. The first kappa shape index (κ1) is 17.1. The maximum Gasteiger partial charge on any atom is 0.323 e. The molecule has 1 N–H and O–H groups in total. The van der Waals surface area contributed by atoms with Crippen molar-refractivity contribution < 1.29 is 18.7 Å². The highest BCUT2D eigenvalue weighted by Gasteiger charge is 2.63. The highest BCUT2D eigenvalue weighted by atomic mass is 19.1. The molecule has 0 radical (unpaired) electrons. The number of nitrogens with zero attached hydrogens (tertiary/aromatic N) is 2. The SMILES string of the molecule is COC(=O)[C@@H]1N[C@H](c2ccc(F)cc2)[C@H]2C(=O)[C@H]3C[C@@H](C#N)[C@H]([C@H]21)N3C. The Labute approximate surface area is 150 Å². The normalized spacial score (nSPS) is 38.7. The minimum absolute atomic E-state index is 0.0414. The van der Waals surface area contributed by atoms with Crippen LogP contribution in [0.25, 0.3) is 0 Å². The van der Waals surface area contributed by atoms with Gasteiger partial charge in [-0.05, 0) is 31.2 Å². The van der Waals surface area contributed by atoms with Gasteiger partial charge >= 0.3 is 5.97 Å². The number of carbonyl (C=O) groups excluding carboxylic acids is 2. The number of hydrogen-bond acceptors (Lipinski definition) is 6. The molecule has 0 spiro atoms. The van der Waals surface area contributed by atoms with E-state index in [1.807, 2.05) is 11.9 Å². The molecule has 4 rings (SSSR count). The molecule has 26 heavy (non-hydrogen) atoms. The molecule has 1 aromatic rings. The molecule has 0 aromatic heterocycles. The van der Waals surface area contributed by atoms with Gasteiger partial charge in [-0.15, -0.1) is 0 Å². The minimum Gasteiger partial charge on any atom is -0.468 e. The minimum atomic E-state index is -0.675. The number of halogens is 1. The lowest BCUT2D eigenvalue weighted by Crippen LogP contribution is -2.56. The predicted molar refractivity (Wildman–Crippen MR) is 89.1 cm³/mol. The summed E-state index contributed by atoms with van der Waals surface area (Å²) in [5.74, 6) is -1.84. The zero-order valence-electron chi connectivity index (χ0n) is 14.6. The molecule has 3 aliphatic rings. The van der Waals surface area contributed by atoms with Gasteiger partial charge < -0.3 is 4.74 Å². The van der Waals surface area contributed by atoms with Crippen molar-refractivity contribution in [3.05, 3.63) is 35.6 Å². The number of carbonyl (C=O) groups is 2. The van der Waals surface area contributed by atoms with E-state index in [4.69, 9.17) is 4.74 Å². The molecule has 0 amide bonds. The van der Waals surface area contributed by atoms with Gasteiger partial charge in [-0.25, -0.2) is 4.39 Å². The highest BCUT2D eigenvalue weighted by Crippen LogP contribution is 2.51. The van der Waals surface area contributed by atoms with Crippen LogP contribution in [0.15, 0.2) is 24.3 Å². The number of nitrogens with one attached hydrogen (secondary N) is 1. The van der Waals surface area contributed by atoms with Gasteiger partial charge in [0.1, 0.15) is 11.9 Å². The van der Waals surface area contributed by atoms with Crippen LogP contribution in [0.3, 0.4) is 0 Å². The number of ketones is 1. The van der Waals surface area contributed by atoms with E-state index in [-0.39, 0.29) is 35.5 Å². The first-order valence-electron chi connectivity index (χ1n) is 8.72. The monoisotopic (exact) mass is 357 g/mol. The van der Waals surface area contributed by atoms with Gasteiger partial charge in [-0.3, -0.25) is 19.8 Å². The van der Waals surface area contributed by atoms with Crippen LogP contribution >= 0.6 is 0 Å². The number of ether oxygens (including phenoxy) is 1. The molecule has 7 heteroatoms. The van der Waals surface area contributed by atoms with E-state index in [1.165, 1.54) is 19.2 Å². The topological polar surface area (TPSA) is 82.4 Å². The number of hydrogen-bond donors (Lipinski definition) is 1. The van der Waals surface area contributed by atoms with Crippen molar-refractivity contribution in [3.8, 4) is 6.07 Å². The Bertz CT molecular complexity index is 790. The molecule has 0 saturated carbocycles. The third-order valence-corrected chi connectivity index (χ3v) is 6.27. The lowest BCUT2D eigenvalue weighted by Gasteiger charge is -2.41. The third kappa shape index (κ3) is 2.29. The summed E-state index contributed by atoms with van der Waals surface area (Å²) in [5.41, 5.74) is 0.763. The zero-order valence-corrected chi connectivity index (χ0v) is 14.6. The quantitative estimate of drug-likeness (QED) is 0.797. The summed E-state index contributed by atoms with van der Waals surface area (Å²) >= 11 is 0. The number of nitriles is 1. The summed E-state index contributed by atoms with van der Waals surface area (Å²) in [6.45, 7) is 0. The molecule has 0 unspecified atom stereocenters. The molecule has 0 aliphatic carbocycles. The standard InChI is InChI=1S/C19H20FN3O3/c1-23-12-7-10(8-21)17(23)13-14(18(12)24)15(22-16(13)19(25)26-2)9-3-5-11(20)6-4-9/h3-6,10,12-17,22H,7H2,1-2H3/t10-,12+,13+,14-,15+,16+,17+/m0/s1. The number of methoxy groups -OCH3 is 1. The van der Waals surface area contributed by atoms with Gasteiger partial charge in [-0.1, -0.05) is 12.1 Å². The van der Waals surface area contributed by atoms with E-state index >= 15 is 0 Å². The van der Waals surface area contributed by atoms with E-state index < -0.39 is 24.0 Å². The lowest BCUT2D eigenvalue weighted by atomic mass is 9.73. The van der Waals surface area contributed by atoms with Crippen LogP contribution in [0.5, 0.6) is 0 Å². The molecule has 7 atom stereocenters. The van der Waals surface area contributed by atoms with Crippen molar-refractivity contribution in [1.29, 1.82) is 5.26 Å². The zero-order chi connectivity index (χ0) is 18.6. The number of likely N-dealkylation sites (N-methyl/N-ethyl adjacent to an activating group) is 1. The van der Waals surface area contributed by atoms with Gasteiger partial charge in [0, 0.05) is 23.9 Å². The molecule has 3 aliphatic heterocycles. The fourth-order valence-electron chi connectivity index (χ4n) is 5.17. The summed E-state index contributed by atoms with van der Waals surface area (Å²) in [7, 11) is 3.16. The van der Waals surface area contributed by atoms with Crippen LogP contribution in [0, 0.1) is 34.9 Å². The average Bonchev–Trinajstić information content (AvgIpc) is 3.15. The molecule has 3 heterocycles. The van der Waals surface area contributed by atoms with E-state index in [9.17, 15) is 19.2 Å². The first-order valence-corrected chi connectivity index (χ1v) is 8.72. The smallest absolute Gasteiger partial charge is 0.323 e. The van der Waals surface area contributed by atoms with Crippen LogP contribution in [-0.2, 0) is 14.3 Å². The van der Waals surface area contributed by atoms with Crippen molar-refractivity contribution in [2.24, 2.45) is 17.8 Å². The van der Waals surface area contributed by atoms with Crippen LogP contribution < -0.4 is 5.32 Å². The third-order valence-electron chi connectivity index (χ3n) is 6.27. The molecule has 2 bridgehead atoms. The Hall–Kier alpha value is -2.30. The Morgan fingerprint density at radius 2 is 2.08 bits per heavy atom. The number of Topliss-reactive ketones (excluding diaryl/α,β-unsaturated/α-hetero) is 1. The molecule has 3 saturated heterocycles. The average molecular weight is 357 g/mol. The van der Waals surface area contributed by atoms with Crippen LogP contribution in [0.1, 0.15) is 18.0 Å². The molecular formula is C19H20FN3O3. The number of fused-ring (bicyclic) bond motifs is 4. The second-order valence-corrected chi connectivity index (χ2v) is 7.35. The van der Waals surface area contributed by atoms with Crippen molar-refractivity contribution in [2.45, 2.75) is 30.6 Å². The van der Waals surface area contributed by atoms with Gasteiger partial charge in [0.25, 0.3) is 0 Å². The largest absolute Gasteiger partial charge is 0.468 e. The van der Waals surface area contributed by atoms with E-state index in [0.717, 1.165) is 5.56 Å². The Balaban J connectivity index is 1.79. The lowest BCUT2D eigenvalue weighted by molar-refractivity contribution is -0.146. The summed E-state index contributed by atoms with van der Waals surface area (Å²) in [6, 6.07) is 6.72. The summed E-state index contributed by atoms with van der Waals surface area (Å²) in [5, 5.41) is 12.8. The van der Waals surface area contributed by atoms with Crippen LogP contribution in [-0.4, -0.2) is 48.9 Å². The van der Waals surface area contributed by atoms with E-state index in [0.29, 0.717) is 6.42 Å². The fraction of sp³-hybridized carbons (Fsp3) is 0.526. The number of esters is 1. The number of benzene rings is 1. The number of piperidine rings is 1. The molecule has 6 nitrogen and oxygen atoms in total. The second kappa shape index (κ2) is 6.15. The summed E-state index contributed by atoms with van der Waals surface area (Å²) < 4.78 is 18.3.